The molecular formula is C26H31N7O2S. The van der Waals surface area contributed by atoms with Crippen LogP contribution in [0, 0.1) is 0 Å². The van der Waals surface area contributed by atoms with Crippen LogP contribution in [0.3, 0.4) is 0 Å². The van der Waals surface area contributed by atoms with Crippen molar-refractivity contribution in [2.45, 2.75) is 29.8 Å². The third-order valence-corrected chi connectivity index (χ3v) is 8.73. The molecule has 1 saturated heterocycles. The monoisotopic (exact) mass is 505 g/mol. The molecule has 4 heterocycles. The first kappa shape index (κ1) is 23.1. The van der Waals surface area contributed by atoms with Gasteiger partial charge in [-0.05, 0) is 62.4 Å². The van der Waals surface area contributed by atoms with E-state index in [1.165, 1.54) is 6.26 Å². The van der Waals surface area contributed by atoms with Crippen LogP contribution in [0.4, 0.5) is 11.5 Å². The third kappa shape index (κ3) is 4.14. The fourth-order valence-electron chi connectivity index (χ4n) is 5.34. The zero-order valence-electron chi connectivity index (χ0n) is 20.6. The number of sulfone groups is 1. The Balaban J connectivity index is 1.24. The van der Waals surface area contributed by atoms with E-state index in [-0.39, 0.29) is 0 Å². The Morgan fingerprint density at radius 3 is 2.33 bits per heavy atom. The smallest absolute Gasteiger partial charge is 0.175 e. The number of hydrogen-bond donors (Lipinski definition) is 2. The van der Waals surface area contributed by atoms with E-state index in [4.69, 9.17) is 4.98 Å². The molecule has 2 aliphatic rings. The van der Waals surface area contributed by atoms with Gasteiger partial charge in [-0.25, -0.2) is 13.4 Å². The Bertz CT molecular complexity index is 1460. The Kier molecular flexibility index (Phi) is 5.72. The molecule has 0 bridgehead atoms. The van der Waals surface area contributed by atoms with Crippen LogP contribution in [0.25, 0.3) is 22.3 Å². The predicted molar refractivity (Wildman–Crippen MR) is 142 cm³/mol. The summed E-state index contributed by atoms with van der Waals surface area (Å²) in [6.45, 7) is 3.41. The van der Waals surface area contributed by atoms with Gasteiger partial charge >= 0.3 is 0 Å². The first-order valence-electron chi connectivity index (χ1n) is 12.4. The van der Waals surface area contributed by atoms with E-state index in [0.717, 1.165) is 72.8 Å². The van der Waals surface area contributed by atoms with Crippen LogP contribution >= 0.6 is 0 Å². The minimum atomic E-state index is -3.18. The van der Waals surface area contributed by atoms with Crippen molar-refractivity contribution >= 4 is 32.4 Å². The summed E-state index contributed by atoms with van der Waals surface area (Å²) in [4.78, 5) is 10.2. The molecule has 3 aromatic heterocycles. The number of benzene rings is 1. The molecule has 2 fully saturated rings. The lowest BCUT2D eigenvalue weighted by Crippen LogP contribution is -2.46. The van der Waals surface area contributed by atoms with E-state index in [0.29, 0.717) is 17.0 Å². The number of aromatic amines is 1. The van der Waals surface area contributed by atoms with E-state index in [1.54, 1.807) is 18.3 Å². The zero-order valence-corrected chi connectivity index (χ0v) is 21.4. The first-order valence-corrected chi connectivity index (χ1v) is 14.3. The topological polar surface area (TPSA) is 99.1 Å². The maximum atomic E-state index is 11.8. The molecule has 9 nitrogen and oxygen atoms in total. The summed E-state index contributed by atoms with van der Waals surface area (Å²) >= 11 is 0. The van der Waals surface area contributed by atoms with Crippen LogP contribution in [0.15, 0.2) is 59.8 Å². The lowest BCUT2D eigenvalue weighted by Gasteiger charge is -2.37. The second kappa shape index (κ2) is 8.94. The van der Waals surface area contributed by atoms with Gasteiger partial charge in [0.15, 0.2) is 9.84 Å². The summed E-state index contributed by atoms with van der Waals surface area (Å²) in [6.07, 6.45) is 7.46. The number of anilines is 2. The molecule has 10 heteroatoms. The normalized spacial score (nSPS) is 20.6. The molecule has 36 heavy (non-hydrogen) atoms. The van der Waals surface area contributed by atoms with Crippen LogP contribution in [-0.4, -0.2) is 73.7 Å². The molecule has 0 spiro atoms. The minimum Gasteiger partial charge on any atom is -0.368 e. The van der Waals surface area contributed by atoms with Crippen molar-refractivity contribution < 1.29 is 8.42 Å². The van der Waals surface area contributed by atoms with Crippen molar-refractivity contribution in [1.82, 2.24) is 25.1 Å². The standard InChI is InChI=1S/C26H31N7O2S/c1-27-18-15-20(16-18)33-17-23(24-9-10-28-30-24)22-7-8-25(29-26(22)33)32-13-11-31(12-14-32)19-3-5-21(6-4-19)36(2,34)35/h3-10,17-18,20,27H,11-16H2,1-2H3,(H,28,30)/t18-,20-. The molecule has 0 atom stereocenters. The molecule has 0 amide bonds. The molecule has 2 N–H and O–H groups in total. The fraction of sp³-hybridized carbons (Fsp3) is 0.385. The summed E-state index contributed by atoms with van der Waals surface area (Å²) in [6, 6.07) is 14.5. The number of pyridine rings is 1. The maximum Gasteiger partial charge on any atom is 0.175 e. The SMILES string of the molecule is CN[C@H]1C[C@H](n2cc(-c3ccn[nH]3)c3ccc(N4CCN(c5ccc(S(C)(=O)=O)cc5)CC4)nc32)C1. The van der Waals surface area contributed by atoms with Crippen molar-refractivity contribution in [2.75, 3.05) is 49.3 Å². The Labute approximate surface area is 211 Å². The van der Waals surface area contributed by atoms with Crippen LogP contribution in [0.1, 0.15) is 18.9 Å². The summed E-state index contributed by atoms with van der Waals surface area (Å²) in [5.74, 6) is 0.995. The van der Waals surface area contributed by atoms with Crippen molar-refractivity contribution in [3.63, 3.8) is 0 Å². The van der Waals surface area contributed by atoms with E-state index >= 15 is 0 Å². The van der Waals surface area contributed by atoms with Crippen LogP contribution in [0.5, 0.6) is 0 Å². The first-order chi connectivity index (χ1) is 17.4. The summed E-state index contributed by atoms with van der Waals surface area (Å²) in [7, 11) is -1.16. The fourth-order valence-corrected chi connectivity index (χ4v) is 5.97. The number of fused-ring (bicyclic) bond motifs is 1. The Hall–Kier alpha value is -3.37. The minimum absolute atomic E-state index is 0.354. The largest absolute Gasteiger partial charge is 0.368 e. The van der Waals surface area contributed by atoms with Gasteiger partial charge in [-0.3, -0.25) is 5.10 Å². The predicted octanol–water partition coefficient (Wildman–Crippen LogP) is 3.08. The Morgan fingerprint density at radius 2 is 1.69 bits per heavy atom. The molecular weight excluding hydrogens is 474 g/mol. The Morgan fingerprint density at radius 1 is 0.972 bits per heavy atom. The van der Waals surface area contributed by atoms with E-state index in [1.807, 2.05) is 25.2 Å². The molecule has 1 aliphatic heterocycles. The number of rotatable bonds is 6. The van der Waals surface area contributed by atoms with Crippen molar-refractivity contribution in [3.05, 3.63) is 54.9 Å². The highest BCUT2D eigenvalue weighted by atomic mass is 32.2. The highest BCUT2D eigenvalue weighted by molar-refractivity contribution is 7.90. The number of hydrogen-bond acceptors (Lipinski definition) is 7. The maximum absolute atomic E-state index is 11.8. The van der Waals surface area contributed by atoms with Crippen molar-refractivity contribution in [3.8, 4) is 11.3 Å². The van der Waals surface area contributed by atoms with Gasteiger partial charge in [0.05, 0.1) is 10.6 Å². The number of H-pyrrole nitrogens is 1. The van der Waals surface area contributed by atoms with Crippen LogP contribution in [-0.2, 0) is 9.84 Å². The quantitative estimate of drug-likeness (QED) is 0.415. The number of nitrogens with zero attached hydrogens (tertiary/aromatic N) is 5. The van der Waals surface area contributed by atoms with E-state index in [9.17, 15) is 8.42 Å². The number of piperazine rings is 1. The van der Waals surface area contributed by atoms with Crippen molar-refractivity contribution in [2.24, 2.45) is 0 Å². The van der Waals surface area contributed by atoms with Crippen LogP contribution < -0.4 is 15.1 Å². The van der Waals surface area contributed by atoms with E-state index < -0.39 is 9.84 Å². The lowest BCUT2D eigenvalue weighted by atomic mass is 9.87. The molecule has 1 aromatic carbocycles. The van der Waals surface area contributed by atoms with Gasteiger partial charge in [0, 0.05) is 73.5 Å². The average molecular weight is 506 g/mol. The highest BCUT2D eigenvalue weighted by Crippen LogP contribution is 2.39. The highest BCUT2D eigenvalue weighted by Gasteiger charge is 2.31. The molecule has 4 aromatic rings. The van der Waals surface area contributed by atoms with Gasteiger partial charge in [-0.15, -0.1) is 0 Å². The van der Waals surface area contributed by atoms with Crippen LogP contribution in [0.2, 0.25) is 0 Å². The second-order valence-corrected chi connectivity index (χ2v) is 11.8. The van der Waals surface area contributed by atoms with Gasteiger partial charge in [0.2, 0.25) is 0 Å². The van der Waals surface area contributed by atoms with Crippen molar-refractivity contribution in [1.29, 1.82) is 0 Å². The lowest BCUT2D eigenvalue weighted by molar-refractivity contribution is 0.240. The average Bonchev–Trinajstić information content (AvgIpc) is 3.51. The van der Waals surface area contributed by atoms with E-state index in [2.05, 4.69) is 48.2 Å². The zero-order chi connectivity index (χ0) is 24.9. The van der Waals surface area contributed by atoms with Gasteiger partial charge < -0.3 is 19.7 Å². The van der Waals surface area contributed by atoms with Gasteiger partial charge in [0.1, 0.15) is 11.5 Å². The number of aromatic nitrogens is 4. The van der Waals surface area contributed by atoms with Gasteiger partial charge in [-0.2, -0.15) is 5.10 Å². The summed E-state index contributed by atoms with van der Waals surface area (Å²) in [5.41, 5.74) is 4.22. The number of nitrogens with one attached hydrogen (secondary N) is 2. The molecule has 1 aliphatic carbocycles. The van der Waals surface area contributed by atoms with Gasteiger partial charge in [0.25, 0.3) is 0 Å². The van der Waals surface area contributed by atoms with Gasteiger partial charge in [-0.1, -0.05) is 0 Å². The molecule has 188 valence electrons. The summed E-state index contributed by atoms with van der Waals surface area (Å²) < 4.78 is 25.9. The molecule has 6 rings (SSSR count). The summed E-state index contributed by atoms with van der Waals surface area (Å²) in [5, 5.41) is 11.8. The second-order valence-electron chi connectivity index (χ2n) is 9.81. The molecule has 0 radical (unpaired) electrons. The molecule has 1 saturated carbocycles. The third-order valence-electron chi connectivity index (χ3n) is 7.60. The molecule has 0 unspecified atom stereocenters.